The molecule has 37 heavy (non-hydrogen) atoms. The number of nitrogens with zero attached hydrogens (tertiary/aromatic N) is 5. The second kappa shape index (κ2) is 7.98. The summed E-state index contributed by atoms with van der Waals surface area (Å²) >= 11 is 0. The van der Waals surface area contributed by atoms with Crippen molar-refractivity contribution in [2.75, 3.05) is 19.6 Å². The number of carbonyl (C=O) groups excluding carboxylic acids is 2. The number of halogens is 4. The molecule has 0 aliphatic carbocycles. The molecule has 2 aromatic heterocycles. The number of carbonyl (C=O) groups is 2. The minimum absolute atomic E-state index is 0.000946. The Morgan fingerprint density at radius 3 is 2.43 bits per heavy atom. The smallest absolute Gasteiger partial charge is 0.373 e. The van der Waals surface area contributed by atoms with Crippen LogP contribution in [0.25, 0.3) is 16.9 Å². The Kier molecular flexibility index (Phi) is 5.42. The maximum atomic E-state index is 13.5. The number of benzene rings is 1. The third kappa shape index (κ3) is 3.60. The van der Waals surface area contributed by atoms with Crippen LogP contribution in [0.4, 0.5) is 17.6 Å². The Hall–Kier alpha value is -3.54. The molecule has 196 valence electrons. The van der Waals surface area contributed by atoms with Gasteiger partial charge in [0, 0.05) is 31.1 Å². The highest BCUT2D eigenvalue weighted by molar-refractivity contribution is 5.93. The van der Waals surface area contributed by atoms with Crippen molar-refractivity contribution in [2.45, 2.75) is 51.1 Å². The van der Waals surface area contributed by atoms with Gasteiger partial charge in [0.15, 0.2) is 6.20 Å². The lowest BCUT2D eigenvalue weighted by Gasteiger charge is -2.44. The summed E-state index contributed by atoms with van der Waals surface area (Å²) in [5.74, 6) is -2.23. The topological polar surface area (TPSA) is 82.0 Å². The number of aliphatic hydroxyl groups is 1. The van der Waals surface area contributed by atoms with Crippen LogP contribution in [0.15, 0.2) is 36.5 Å². The Morgan fingerprint density at radius 1 is 1.19 bits per heavy atom. The molecule has 4 heterocycles. The van der Waals surface area contributed by atoms with Gasteiger partial charge in [-0.1, -0.05) is 23.5 Å². The Bertz CT molecular complexity index is 1430. The molecule has 3 aromatic rings. The maximum absolute atomic E-state index is 13.5. The van der Waals surface area contributed by atoms with Crippen molar-refractivity contribution in [2.24, 2.45) is 0 Å². The van der Waals surface area contributed by atoms with Gasteiger partial charge in [-0.3, -0.25) is 14.5 Å². The summed E-state index contributed by atoms with van der Waals surface area (Å²) in [6.07, 6.45) is -3.58. The fraction of sp³-hybridized carbons (Fsp3) is 0.440. The number of hydrogen-bond donors (Lipinski definition) is 1. The van der Waals surface area contributed by atoms with Crippen LogP contribution in [0.3, 0.4) is 0 Å². The lowest BCUT2D eigenvalue weighted by atomic mass is 10.00. The molecule has 1 fully saturated rings. The number of aromatic nitrogens is 3. The van der Waals surface area contributed by atoms with Gasteiger partial charge in [0.05, 0.1) is 6.54 Å². The van der Waals surface area contributed by atoms with Gasteiger partial charge in [-0.05, 0) is 43.2 Å². The number of fused-ring (bicyclic) bond motifs is 5. The van der Waals surface area contributed by atoms with E-state index in [1.54, 1.807) is 34.3 Å². The first-order chi connectivity index (χ1) is 17.2. The van der Waals surface area contributed by atoms with E-state index in [0.29, 0.717) is 23.8 Å². The molecule has 1 aromatic carbocycles. The van der Waals surface area contributed by atoms with E-state index in [-0.39, 0.29) is 43.0 Å². The molecular weight excluding hydrogens is 494 g/mol. The molecule has 12 heteroatoms. The largest absolute Gasteiger partial charge is 0.426 e. The van der Waals surface area contributed by atoms with Crippen LogP contribution in [0, 0.1) is 5.82 Å². The van der Waals surface area contributed by atoms with E-state index in [2.05, 4.69) is 5.10 Å². The summed E-state index contributed by atoms with van der Waals surface area (Å²) in [6, 6.07) is 7.70. The van der Waals surface area contributed by atoms with Crippen molar-refractivity contribution in [1.82, 2.24) is 19.4 Å². The Labute approximate surface area is 209 Å². The van der Waals surface area contributed by atoms with Crippen molar-refractivity contribution >= 4 is 17.5 Å². The average Bonchev–Trinajstić information content (AvgIpc) is 3.31. The van der Waals surface area contributed by atoms with Gasteiger partial charge in [0.1, 0.15) is 11.5 Å². The summed E-state index contributed by atoms with van der Waals surface area (Å²) in [4.78, 5) is 28.7. The van der Waals surface area contributed by atoms with Crippen LogP contribution in [-0.4, -0.2) is 67.7 Å². The third-order valence-electron chi connectivity index (χ3n) is 7.31. The molecule has 1 saturated heterocycles. The highest BCUT2D eigenvalue weighted by Crippen LogP contribution is 2.37. The normalized spacial score (nSPS) is 21.4. The zero-order chi connectivity index (χ0) is 27.1. The summed E-state index contributed by atoms with van der Waals surface area (Å²) < 4.78 is 56.9. The molecule has 0 saturated carbocycles. The van der Waals surface area contributed by atoms with Crippen molar-refractivity contribution in [1.29, 1.82) is 0 Å². The third-order valence-corrected chi connectivity index (χ3v) is 7.31. The fourth-order valence-electron chi connectivity index (χ4n) is 5.21. The molecule has 5 rings (SSSR count). The summed E-state index contributed by atoms with van der Waals surface area (Å²) in [5, 5.41) is 14.7. The molecule has 2 aliphatic rings. The summed E-state index contributed by atoms with van der Waals surface area (Å²) in [6.45, 7) is 5.64. The Morgan fingerprint density at radius 2 is 1.84 bits per heavy atom. The summed E-state index contributed by atoms with van der Waals surface area (Å²) in [7, 11) is 0. The Balaban J connectivity index is 1.64. The summed E-state index contributed by atoms with van der Waals surface area (Å²) in [5.41, 5.74) is -1.88. The molecule has 0 spiro atoms. The van der Waals surface area contributed by atoms with E-state index in [4.69, 9.17) is 0 Å². The second-order valence-corrected chi connectivity index (χ2v) is 10.2. The van der Waals surface area contributed by atoms with Crippen molar-refractivity contribution in [3.8, 4) is 11.3 Å². The van der Waals surface area contributed by atoms with E-state index in [0.717, 1.165) is 10.5 Å². The number of rotatable bonds is 3. The van der Waals surface area contributed by atoms with Gasteiger partial charge in [-0.15, -0.1) is 0 Å². The van der Waals surface area contributed by atoms with Crippen LogP contribution in [-0.2, 0) is 10.5 Å². The molecule has 8 nitrogen and oxygen atoms in total. The first kappa shape index (κ1) is 25.1. The molecule has 1 N–H and O–H groups in total. The monoisotopic (exact) mass is 520 g/mol. The lowest BCUT2D eigenvalue weighted by molar-refractivity contribution is -0.749. The number of hydrogen-bond acceptors (Lipinski definition) is 4. The predicted octanol–water partition coefficient (Wildman–Crippen LogP) is 2.84. The van der Waals surface area contributed by atoms with Crippen LogP contribution >= 0.6 is 0 Å². The molecule has 2 unspecified atom stereocenters. The molecule has 0 bridgehead atoms. The molecule has 2 amide bonds. The SMILES string of the molecule is CC(C)c1cc(-c2ccc(F)cc2)nn2cc3[n+](c12)C1(C)CN(C(=O)C(C)(O)C(F)(F)F)CCN1C3=O. The molecule has 2 aliphatic heterocycles. The minimum atomic E-state index is -5.15. The van der Waals surface area contributed by atoms with Gasteiger partial charge in [-0.25, -0.2) is 4.39 Å². The number of imidazole rings is 1. The van der Waals surface area contributed by atoms with E-state index >= 15 is 0 Å². The quantitative estimate of drug-likeness (QED) is 0.426. The van der Waals surface area contributed by atoms with Crippen LogP contribution in [0.2, 0.25) is 0 Å². The first-order valence-corrected chi connectivity index (χ1v) is 11.8. The van der Waals surface area contributed by atoms with Gasteiger partial charge in [0.25, 0.3) is 5.91 Å². The van der Waals surface area contributed by atoms with E-state index in [9.17, 15) is 32.3 Å². The van der Waals surface area contributed by atoms with Gasteiger partial charge >= 0.3 is 17.7 Å². The van der Waals surface area contributed by atoms with Crippen molar-refractivity contribution in [3.63, 3.8) is 0 Å². The van der Waals surface area contributed by atoms with Gasteiger partial charge in [0.2, 0.25) is 17.0 Å². The average molecular weight is 521 g/mol. The maximum Gasteiger partial charge on any atom is 0.426 e. The lowest BCUT2D eigenvalue weighted by Crippen LogP contribution is -2.71. The fourth-order valence-corrected chi connectivity index (χ4v) is 5.21. The highest BCUT2D eigenvalue weighted by Gasteiger charge is 2.61. The van der Waals surface area contributed by atoms with Crippen molar-refractivity contribution in [3.05, 3.63) is 53.6 Å². The van der Waals surface area contributed by atoms with Gasteiger partial charge < -0.3 is 10.0 Å². The van der Waals surface area contributed by atoms with Crippen molar-refractivity contribution < 1.29 is 36.8 Å². The highest BCUT2D eigenvalue weighted by atomic mass is 19.4. The van der Waals surface area contributed by atoms with E-state index in [1.807, 2.05) is 19.9 Å². The number of amides is 2. The molecule has 2 atom stereocenters. The zero-order valence-electron chi connectivity index (χ0n) is 20.7. The van der Waals surface area contributed by atoms with Crippen LogP contribution in [0.5, 0.6) is 0 Å². The number of alkyl halides is 3. The first-order valence-electron chi connectivity index (χ1n) is 11.8. The minimum Gasteiger partial charge on any atom is -0.373 e. The van der Waals surface area contributed by atoms with Crippen LogP contribution < -0.4 is 4.57 Å². The second-order valence-electron chi connectivity index (χ2n) is 10.2. The predicted molar refractivity (Wildman–Crippen MR) is 123 cm³/mol. The number of piperazine rings is 1. The molecule has 0 radical (unpaired) electrons. The van der Waals surface area contributed by atoms with E-state index in [1.165, 1.54) is 17.0 Å². The van der Waals surface area contributed by atoms with Gasteiger partial charge in [-0.2, -0.15) is 17.7 Å². The van der Waals surface area contributed by atoms with Crippen LogP contribution in [0.1, 0.15) is 49.7 Å². The zero-order valence-corrected chi connectivity index (χ0v) is 20.7. The van der Waals surface area contributed by atoms with E-state index < -0.39 is 23.3 Å². The molecular formula is C25H26F4N5O3+. The standard InChI is InChI=1S/C25H26F4N5O3/c1-14(2)17-11-18(15-5-7-16(26)8-6-15)30-33-12-19-21(35)32-10-9-31(13-23(32,3)34(19)20(17)33)22(36)24(4,37)25(27,28)29/h5-8,11-12,14,37H,9-10,13H2,1-4H3/q+1.